The van der Waals surface area contributed by atoms with Crippen molar-refractivity contribution in [3.05, 3.63) is 0 Å². The van der Waals surface area contributed by atoms with Crippen molar-refractivity contribution < 1.29 is 19.1 Å². The van der Waals surface area contributed by atoms with Gasteiger partial charge >= 0.3 is 11.9 Å². The average molecular weight is 256 g/mol. The Hall–Kier alpha value is -1.06. The van der Waals surface area contributed by atoms with Crippen molar-refractivity contribution in [1.82, 2.24) is 0 Å². The van der Waals surface area contributed by atoms with E-state index >= 15 is 0 Å². The first-order valence-corrected chi connectivity index (χ1v) is 6.85. The average Bonchev–Trinajstić information content (AvgIpc) is 2.76. The maximum atomic E-state index is 12.1. The fourth-order valence-corrected chi connectivity index (χ4v) is 3.16. The predicted octanol–water partition coefficient (Wildman–Crippen LogP) is 2.41. The van der Waals surface area contributed by atoms with E-state index in [9.17, 15) is 9.59 Å². The van der Waals surface area contributed by atoms with E-state index in [1.54, 1.807) is 6.92 Å². The van der Waals surface area contributed by atoms with Crippen molar-refractivity contribution in [1.29, 1.82) is 0 Å². The molecule has 0 spiro atoms. The Morgan fingerprint density at radius 1 is 1.00 bits per heavy atom. The molecule has 1 aliphatic rings. The zero-order valence-corrected chi connectivity index (χ0v) is 11.8. The van der Waals surface area contributed by atoms with Crippen LogP contribution >= 0.6 is 0 Å². The van der Waals surface area contributed by atoms with Gasteiger partial charge in [0.1, 0.15) is 0 Å². The van der Waals surface area contributed by atoms with E-state index in [1.807, 2.05) is 0 Å². The summed E-state index contributed by atoms with van der Waals surface area (Å²) in [5.41, 5.74) is 0. The molecular formula is C14H24O4. The van der Waals surface area contributed by atoms with Crippen LogP contribution in [0.5, 0.6) is 0 Å². The molecule has 18 heavy (non-hydrogen) atoms. The van der Waals surface area contributed by atoms with Crippen LogP contribution in [0.4, 0.5) is 0 Å². The molecule has 0 aromatic rings. The lowest BCUT2D eigenvalue weighted by atomic mass is 9.85. The summed E-state index contributed by atoms with van der Waals surface area (Å²) < 4.78 is 10.00. The summed E-state index contributed by atoms with van der Waals surface area (Å²) in [6.07, 6.45) is 2.70. The molecule has 4 nitrogen and oxygen atoms in total. The topological polar surface area (TPSA) is 52.6 Å². The van der Waals surface area contributed by atoms with Crippen LogP contribution in [0.1, 0.15) is 40.0 Å². The third kappa shape index (κ3) is 2.85. The van der Waals surface area contributed by atoms with E-state index in [-0.39, 0.29) is 35.6 Å². The molecule has 0 saturated heterocycles. The summed E-state index contributed by atoms with van der Waals surface area (Å²) in [6.45, 7) is 6.26. The fourth-order valence-electron chi connectivity index (χ4n) is 3.16. The van der Waals surface area contributed by atoms with Gasteiger partial charge in [0.2, 0.25) is 0 Å². The van der Waals surface area contributed by atoms with E-state index in [2.05, 4.69) is 13.8 Å². The molecule has 1 rings (SSSR count). The zero-order valence-electron chi connectivity index (χ0n) is 11.8. The summed E-state index contributed by atoms with van der Waals surface area (Å²) >= 11 is 0. The Bertz CT molecular complexity index is 300. The van der Waals surface area contributed by atoms with Gasteiger partial charge in [0.15, 0.2) is 0 Å². The minimum Gasteiger partial charge on any atom is -0.469 e. The first-order chi connectivity index (χ1) is 8.60. The maximum Gasteiger partial charge on any atom is 0.310 e. The molecule has 4 heteroatoms. The maximum absolute atomic E-state index is 12.1. The summed E-state index contributed by atoms with van der Waals surface area (Å²) in [7, 11) is 1.39. The SMILES string of the molecule is CCOC(=O)C1C(CC)CC(CC)C1C(=O)OC. The molecule has 0 radical (unpaired) electrons. The summed E-state index contributed by atoms with van der Waals surface area (Å²) in [5.74, 6) is -0.696. The molecule has 104 valence electrons. The van der Waals surface area contributed by atoms with E-state index in [1.165, 1.54) is 7.11 Å². The van der Waals surface area contributed by atoms with Gasteiger partial charge in [-0.15, -0.1) is 0 Å². The highest BCUT2D eigenvalue weighted by atomic mass is 16.5. The van der Waals surface area contributed by atoms with Crippen molar-refractivity contribution in [2.45, 2.75) is 40.0 Å². The highest BCUT2D eigenvalue weighted by molar-refractivity contribution is 5.83. The lowest BCUT2D eigenvalue weighted by molar-refractivity contribution is -0.160. The van der Waals surface area contributed by atoms with Gasteiger partial charge < -0.3 is 9.47 Å². The molecule has 1 saturated carbocycles. The van der Waals surface area contributed by atoms with E-state index < -0.39 is 0 Å². The predicted molar refractivity (Wildman–Crippen MR) is 67.8 cm³/mol. The highest BCUT2D eigenvalue weighted by Crippen LogP contribution is 2.45. The van der Waals surface area contributed by atoms with Crippen LogP contribution in [0, 0.1) is 23.7 Å². The second-order valence-corrected chi connectivity index (χ2v) is 4.90. The Morgan fingerprint density at radius 3 is 1.89 bits per heavy atom. The summed E-state index contributed by atoms with van der Waals surface area (Å²) in [4.78, 5) is 24.0. The molecule has 1 fully saturated rings. The van der Waals surface area contributed by atoms with Gasteiger partial charge in [-0.1, -0.05) is 26.7 Å². The molecule has 0 aliphatic heterocycles. The Labute approximate surface area is 109 Å². The van der Waals surface area contributed by atoms with E-state index in [0.29, 0.717) is 6.61 Å². The number of rotatable bonds is 5. The number of hydrogen-bond acceptors (Lipinski definition) is 4. The number of carbonyl (C=O) groups excluding carboxylic acids is 2. The number of carbonyl (C=O) groups is 2. The smallest absolute Gasteiger partial charge is 0.310 e. The first kappa shape index (κ1) is 15.0. The molecule has 0 bridgehead atoms. The fraction of sp³-hybridized carbons (Fsp3) is 0.857. The standard InChI is InChI=1S/C14H24O4/c1-5-9-8-10(6-2)12(14(16)18-7-3)11(9)13(15)17-4/h9-12H,5-8H2,1-4H3. The van der Waals surface area contributed by atoms with Crippen molar-refractivity contribution in [2.75, 3.05) is 13.7 Å². The van der Waals surface area contributed by atoms with Crippen molar-refractivity contribution in [3.63, 3.8) is 0 Å². The van der Waals surface area contributed by atoms with Gasteiger partial charge in [-0.25, -0.2) is 0 Å². The first-order valence-electron chi connectivity index (χ1n) is 6.85. The molecule has 4 atom stereocenters. The van der Waals surface area contributed by atoms with Crippen LogP contribution in [-0.2, 0) is 19.1 Å². The lowest BCUT2D eigenvalue weighted by Crippen LogP contribution is -2.33. The monoisotopic (exact) mass is 256 g/mol. The van der Waals surface area contributed by atoms with Crippen molar-refractivity contribution in [2.24, 2.45) is 23.7 Å². The van der Waals surface area contributed by atoms with Gasteiger partial charge in [-0.05, 0) is 25.2 Å². The van der Waals surface area contributed by atoms with E-state index in [0.717, 1.165) is 19.3 Å². The van der Waals surface area contributed by atoms with E-state index in [4.69, 9.17) is 9.47 Å². The Balaban J connectivity index is 2.96. The third-order valence-electron chi connectivity index (χ3n) is 4.09. The number of esters is 2. The quantitative estimate of drug-likeness (QED) is 0.709. The summed E-state index contributed by atoms with van der Waals surface area (Å²) in [5, 5.41) is 0. The second-order valence-electron chi connectivity index (χ2n) is 4.90. The molecule has 0 aromatic heterocycles. The minimum atomic E-state index is -0.330. The highest BCUT2D eigenvalue weighted by Gasteiger charge is 2.50. The van der Waals surface area contributed by atoms with Gasteiger partial charge in [0.05, 0.1) is 25.6 Å². The van der Waals surface area contributed by atoms with Crippen LogP contribution in [0.25, 0.3) is 0 Å². The molecule has 0 heterocycles. The van der Waals surface area contributed by atoms with Gasteiger partial charge in [-0.3, -0.25) is 9.59 Å². The molecule has 0 N–H and O–H groups in total. The van der Waals surface area contributed by atoms with Gasteiger partial charge in [0, 0.05) is 0 Å². The lowest BCUT2D eigenvalue weighted by Gasteiger charge is -2.22. The minimum absolute atomic E-state index is 0.233. The number of ether oxygens (including phenoxy) is 2. The zero-order chi connectivity index (χ0) is 13.7. The largest absolute Gasteiger partial charge is 0.469 e. The number of hydrogen-bond donors (Lipinski definition) is 0. The van der Waals surface area contributed by atoms with Crippen molar-refractivity contribution in [3.8, 4) is 0 Å². The van der Waals surface area contributed by atoms with Crippen LogP contribution in [0.3, 0.4) is 0 Å². The number of methoxy groups -OCH3 is 1. The molecule has 0 aromatic carbocycles. The van der Waals surface area contributed by atoms with Gasteiger partial charge in [0.25, 0.3) is 0 Å². The summed E-state index contributed by atoms with van der Waals surface area (Å²) in [6, 6.07) is 0. The molecule has 4 unspecified atom stereocenters. The van der Waals surface area contributed by atoms with Crippen molar-refractivity contribution >= 4 is 11.9 Å². The van der Waals surface area contributed by atoms with Crippen LogP contribution in [0.15, 0.2) is 0 Å². The molecule has 1 aliphatic carbocycles. The van der Waals surface area contributed by atoms with Crippen LogP contribution < -0.4 is 0 Å². The second kappa shape index (κ2) is 6.76. The Kier molecular flexibility index (Phi) is 5.63. The molecule has 0 amide bonds. The third-order valence-corrected chi connectivity index (χ3v) is 4.09. The van der Waals surface area contributed by atoms with Crippen LogP contribution in [0.2, 0.25) is 0 Å². The normalized spacial score (nSPS) is 31.1. The van der Waals surface area contributed by atoms with Crippen LogP contribution in [-0.4, -0.2) is 25.7 Å². The molecular weight excluding hydrogens is 232 g/mol. The van der Waals surface area contributed by atoms with Gasteiger partial charge in [-0.2, -0.15) is 0 Å². The Morgan fingerprint density at radius 2 is 1.50 bits per heavy atom.